The van der Waals surface area contributed by atoms with Crippen LogP contribution in [0.15, 0.2) is 12.5 Å². The molecule has 2 rings (SSSR count). The molecule has 0 saturated heterocycles. The number of nitrogens with two attached hydrogens (primary N) is 1. The zero-order valence-electron chi connectivity index (χ0n) is 8.69. The van der Waals surface area contributed by atoms with E-state index in [1.807, 2.05) is 12.5 Å². The van der Waals surface area contributed by atoms with Gasteiger partial charge in [-0.3, -0.25) is 4.90 Å². The molecule has 1 fully saturated rings. The fraction of sp³-hybridized carbons (Fsp3) is 0.700. The maximum Gasteiger partial charge on any atom is 0.0951 e. The van der Waals surface area contributed by atoms with Gasteiger partial charge in [-0.05, 0) is 19.9 Å². The number of rotatable bonds is 5. The molecule has 4 heteroatoms. The summed E-state index contributed by atoms with van der Waals surface area (Å²) in [6.45, 7) is 2.61. The van der Waals surface area contributed by atoms with E-state index in [2.05, 4.69) is 21.5 Å². The molecule has 0 atom stereocenters. The van der Waals surface area contributed by atoms with Gasteiger partial charge in [0.2, 0.25) is 0 Å². The molecule has 1 aromatic heterocycles. The minimum absolute atomic E-state index is 0.716. The molecule has 14 heavy (non-hydrogen) atoms. The fourth-order valence-electron chi connectivity index (χ4n) is 1.71. The van der Waals surface area contributed by atoms with E-state index in [9.17, 15) is 0 Å². The van der Waals surface area contributed by atoms with Crippen molar-refractivity contribution in [1.82, 2.24) is 14.5 Å². The van der Waals surface area contributed by atoms with Crippen molar-refractivity contribution >= 4 is 0 Å². The van der Waals surface area contributed by atoms with Crippen LogP contribution in [-0.4, -0.2) is 34.6 Å². The first-order valence-corrected chi connectivity index (χ1v) is 5.20. The van der Waals surface area contributed by atoms with E-state index in [1.54, 1.807) is 0 Å². The molecule has 1 aromatic rings. The highest BCUT2D eigenvalue weighted by Gasteiger charge is 2.25. The third-order valence-electron chi connectivity index (χ3n) is 2.63. The molecule has 0 aliphatic heterocycles. The minimum atomic E-state index is 0.716. The Morgan fingerprint density at radius 3 is 3.07 bits per heavy atom. The van der Waals surface area contributed by atoms with E-state index >= 15 is 0 Å². The lowest BCUT2D eigenvalue weighted by Gasteiger charge is -2.16. The Morgan fingerprint density at radius 2 is 2.43 bits per heavy atom. The predicted octanol–water partition coefficient (Wildman–Crippen LogP) is 0.608. The third kappa shape index (κ3) is 2.13. The average Bonchev–Trinajstić information content (AvgIpc) is 2.89. The van der Waals surface area contributed by atoms with Gasteiger partial charge in [-0.25, -0.2) is 4.98 Å². The topological polar surface area (TPSA) is 47.1 Å². The van der Waals surface area contributed by atoms with E-state index in [0.717, 1.165) is 19.1 Å². The van der Waals surface area contributed by atoms with E-state index in [-0.39, 0.29) is 0 Å². The Hall–Kier alpha value is -0.870. The van der Waals surface area contributed by atoms with Gasteiger partial charge in [-0.2, -0.15) is 0 Å². The summed E-state index contributed by atoms with van der Waals surface area (Å²) in [6.07, 6.45) is 6.53. The molecular formula is C10H18N4. The van der Waals surface area contributed by atoms with Crippen LogP contribution in [0.5, 0.6) is 0 Å². The lowest BCUT2D eigenvalue weighted by atomic mass is 10.4. The van der Waals surface area contributed by atoms with E-state index in [4.69, 9.17) is 5.73 Å². The SMILES string of the molecule is CN(CCN)Cc1cncn1C1CC1. The van der Waals surface area contributed by atoms with Gasteiger partial charge in [0, 0.05) is 31.9 Å². The van der Waals surface area contributed by atoms with Crippen LogP contribution in [0.4, 0.5) is 0 Å². The number of imidazole rings is 1. The highest BCUT2D eigenvalue weighted by molar-refractivity contribution is 5.03. The molecule has 0 bridgehead atoms. The summed E-state index contributed by atoms with van der Waals surface area (Å²) < 4.78 is 2.30. The number of aromatic nitrogens is 2. The van der Waals surface area contributed by atoms with E-state index in [1.165, 1.54) is 18.5 Å². The van der Waals surface area contributed by atoms with Crippen molar-refractivity contribution < 1.29 is 0 Å². The van der Waals surface area contributed by atoms with Gasteiger partial charge in [0.1, 0.15) is 0 Å². The number of hydrogen-bond acceptors (Lipinski definition) is 3. The minimum Gasteiger partial charge on any atom is -0.330 e. The Bertz CT molecular complexity index is 290. The number of nitrogens with zero attached hydrogens (tertiary/aromatic N) is 3. The van der Waals surface area contributed by atoms with Crippen molar-refractivity contribution in [2.45, 2.75) is 25.4 Å². The number of likely N-dealkylation sites (N-methyl/N-ethyl adjacent to an activating group) is 1. The highest BCUT2D eigenvalue weighted by Crippen LogP contribution is 2.35. The summed E-state index contributed by atoms with van der Waals surface area (Å²) >= 11 is 0. The van der Waals surface area contributed by atoms with Crippen LogP contribution in [-0.2, 0) is 6.54 Å². The average molecular weight is 194 g/mol. The normalized spacial score (nSPS) is 16.5. The first kappa shape index (κ1) is 9.68. The molecule has 0 spiro atoms. The molecule has 1 aliphatic carbocycles. The standard InChI is InChI=1S/C10H18N4/c1-13(5-4-11)7-10-6-12-8-14(10)9-2-3-9/h6,8-9H,2-5,7,11H2,1H3. The summed E-state index contributed by atoms with van der Waals surface area (Å²) in [7, 11) is 2.09. The van der Waals surface area contributed by atoms with Crippen LogP contribution in [0.3, 0.4) is 0 Å². The molecule has 1 saturated carbocycles. The summed E-state index contributed by atoms with van der Waals surface area (Å²) in [5, 5.41) is 0. The van der Waals surface area contributed by atoms with Gasteiger partial charge in [-0.1, -0.05) is 0 Å². The Balaban J connectivity index is 1.97. The molecule has 2 N–H and O–H groups in total. The van der Waals surface area contributed by atoms with Crippen LogP contribution >= 0.6 is 0 Å². The lowest BCUT2D eigenvalue weighted by Crippen LogP contribution is -2.25. The highest BCUT2D eigenvalue weighted by atomic mass is 15.2. The Morgan fingerprint density at radius 1 is 1.64 bits per heavy atom. The quantitative estimate of drug-likeness (QED) is 0.747. The van der Waals surface area contributed by atoms with Crippen molar-refractivity contribution in [3.8, 4) is 0 Å². The molecular weight excluding hydrogens is 176 g/mol. The smallest absolute Gasteiger partial charge is 0.0951 e. The number of hydrogen-bond donors (Lipinski definition) is 1. The maximum absolute atomic E-state index is 5.50. The van der Waals surface area contributed by atoms with Gasteiger partial charge in [-0.15, -0.1) is 0 Å². The fourth-order valence-corrected chi connectivity index (χ4v) is 1.71. The summed E-state index contributed by atoms with van der Waals surface area (Å²) in [5.74, 6) is 0. The van der Waals surface area contributed by atoms with Crippen LogP contribution in [0, 0.1) is 0 Å². The van der Waals surface area contributed by atoms with E-state index in [0.29, 0.717) is 6.54 Å². The van der Waals surface area contributed by atoms with E-state index < -0.39 is 0 Å². The summed E-state index contributed by atoms with van der Waals surface area (Å²) in [5.41, 5.74) is 6.81. The van der Waals surface area contributed by atoms with Crippen LogP contribution in [0.25, 0.3) is 0 Å². The summed E-state index contributed by atoms with van der Waals surface area (Å²) in [6, 6.07) is 0.721. The van der Waals surface area contributed by atoms with Crippen molar-refractivity contribution in [3.63, 3.8) is 0 Å². The van der Waals surface area contributed by atoms with Gasteiger partial charge in [0.15, 0.2) is 0 Å². The Labute approximate surface area is 84.7 Å². The summed E-state index contributed by atoms with van der Waals surface area (Å²) in [4.78, 5) is 6.43. The monoisotopic (exact) mass is 194 g/mol. The predicted molar refractivity (Wildman–Crippen MR) is 55.9 cm³/mol. The largest absolute Gasteiger partial charge is 0.330 e. The molecule has 1 aliphatic rings. The molecule has 4 nitrogen and oxygen atoms in total. The van der Waals surface area contributed by atoms with Gasteiger partial charge in [0.25, 0.3) is 0 Å². The zero-order chi connectivity index (χ0) is 9.97. The van der Waals surface area contributed by atoms with Crippen molar-refractivity contribution in [1.29, 1.82) is 0 Å². The van der Waals surface area contributed by atoms with Crippen molar-refractivity contribution in [2.75, 3.05) is 20.1 Å². The second kappa shape index (κ2) is 4.11. The molecule has 0 amide bonds. The van der Waals surface area contributed by atoms with Crippen molar-refractivity contribution in [3.05, 3.63) is 18.2 Å². The molecule has 1 heterocycles. The van der Waals surface area contributed by atoms with Crippen LogP contribution in [0.2, 0.25) is 0 Å². The second-order valence-corrected chi connectivity index (χ2v) is 4.05. The van der Waals surface area contributed by atoms with Gasteiger partial charge in [0.05, 0.1) is 12.0 Å². The van der Waals surface area contributed by atoms with Crippen LogP contribution in [0.1, 0.15) is 24.6 Å². The maximum atomic E-state index is 5.50. The van der Waals surface area contributed by atoms with Gasteiger partial charge < -0.3 is 10.3 Å². The van der Waals surface area contributed by atoms with Crippen LogP contribution < -0.4 is 5.73 Å². The first-order valence-electron chi connectivity index (χ1n) is 5.20. The lowest BCUT2D eigenvalue weighted by molar-refractivity contribution is 0.326. The Kier molecular flexibility index (Phi) is 2.84. The second-order valence-electron chi connectivity index (χ2n) is 4.05. The third-order valence-corrected chi connectivity index (χ3v) is 2.63. The van der Waals surface area contributed by atoms with Gasteiger partial charge >= 0.3 is 0 Å². The molecule has 0 unspecified atom stereocenters. The zero-order valence-corrected chi connectivity index (χ0v) is 8.69. The van der Waals surface area contributed by atoms with Crippen molar-refractivity contribution in [2.24, 2.45) is 5.73 Å². The molecule has 0 radical (unpaired) electrons. The molecule has 78 valence electrons. The first-order chi connectivity index (χ1) is 6.81. The molecule has 0 aromatic carbocycles.